The maximum absolute atomic E-state index is 13.3. The van der Waals surface area contributed by atoms with E-state index < -0.39 is 17.8 Å². The van der Waals surface area contributed by atoms with E-state index in [4.69, 9.17) is 17.3 Å². The van der Waals surface area contributed by atoms with Crippen molar-refractivity contribution in [3.8, 4) is 0 Å². The first-order valence-corrected chi connectivity index (χ1v) is 4.26. The molecule has 1 atom stereocenters. The normalized spacial score (nSPS) is 15.6. The highest BCUT2D eigenvalue weighted by atomic mass is 35.5. The van der Waals surface area contributed by atoms with Crippen LogP contribution in [0.4, 0.5) is 13.2 Å². The van der Waals surface area contributed by atoms with Gasteiger partial charge in [-0.1, -0.05) is 23.7 Å². The van der Waals surface area contributed by atoms with Crippen molar-refractivity contribution in [2.75, 3.05) is 0 Å². The predicted octanol–water partition coefficient (Wildman–Crippen LogP) is 2.92. The van der Waals surface area contributed by atoms with Crippen LogP contribution in [-0.4, -0.2) is 6.43 Å². The minimum absolute atomic E-state index is 0.208. The van der Waals surface area contributed by atoms with Crippen LogP contribution in [0.25, 0.3) is 0 Å². The highest BCUT2D eigenvalue weighted by Gasteiger charge is 2.35. The van der Waals surface area contributed by atoms with E-state index in [1.54, 1.807) is 0 Å². The molecule has 0 radical (unpaired) electrons. The van der Waals surface area contributed by atoms with Gasteiger partial charge in [-0.3, -0.25) is 0 Å². The first-order chi connectivity index (χ1) is 6.37. The molecule has 1 unspecified atom stereocenters. The monoisotopic (exact) mass is 223 g/mol. The van der Waals surface area contributed by atoms with Gasteiger partial charge >= 0.3 is 0 Å². The second-order valence-electron chi connectivity index (χ2n) is 3.18. The number of hydrogen-bond donors (Lipinski definition) is 1. The van der Waals surface area contributed by atoms with Gasteiger partial charge in [-0.25, -0.2) is 13.2 Å². The van der Waals surface area contributed by atoms with Gasteiger partial charge in [0.2, 0.25) is 0 Å². The number of hydrogen-bond acceptors (Lipinski definition) is 1. The van der Waals surface area contributed by atoms with Crippen molar-refractivity contribution in [3.63, 3.8) is 0 Å². The Labute approximate surface area is 84.7 Å². The van der Waals surface area contributed by atoms with E-state index in [0.717, 1.165) is 6.92 Å². The summed E-state index contributed by atoms with van der Waals surface area (Å²) in [6.07, 6.45) is -2.85. The van der Waals surface area contributed by atoms with Crippen LogP contribution in [0.2, 0.25) is 5.02 Å². The summed E-state index contributed by atoms with van der Waals surface area (Å²) >= 11 is 5.45. The number of rotatable bonds is 2. The largest absolute Gasteiger partial charge is 0.317 e. The molecule has 0 amide bonds. The lowest BCUT2D eigenvalue weighted by Crippen LogP contribution is -2.41. The summed E-state index contributed by atoms with van der Waals surface area (Å²) in [6.45, 7) is 1.06. The van der Waals surface area contributed by atoms with Crippen molar-refractivity contribution in [3.05, 3.63) is 34.6 Å². The van der Waals surface area contributed by atoms with Gasteiger partial charge in [0, 0.05) is 5.56 Å². The molecule has 0 aromatic heterocycles. The van der Waals surface area contributed by atoms with Gasteiger partial charge in [0.25, 0.3) is 6.43 Å². The molecule has 2 N–H and O–H groups in total. The van der Waals surface area contributed by atoms with Crippen LogP contribution in [0, 0.1) is 5.82 Å². The van der Waals surface area contributed by atoms with E-state index in [0.29, 0.717) is 0 Å². The molecular weight excluding hydrogens is 215 g/mol. The summed E-state index contributed by atoms with van der Waals surface area (Å²) < 4.78 is 38.3. The standard InChI is InChI=1S/C9H9ClF3N/c1-9(14,8(12)13)5-3-2-4-6(10)7(5)11/h2-4,8H,14H2,1H3. The number of alkyl halides is 2. The average molecular weight is 224 g/mol. The van der Waals surface area contributed by atoms with Crippen LogP contribution in [-0.2, 0) is 5.54 Å². The molecule has 0 saturated heterocycles. The molecule has 0 fully saturated rings. The van der Waals surface area contributed by atoms with Crippen LogP contribution < -0.4 is 5.73 Å². The van der Waals surface area contributed by atoms with Gasteiger partial charge in [0.15, 0.2) is 0 Å². The van der Waals surface area contributed by atoms with E-state index in [-0.39, 0.29) is 10.6 Å². The third-order valence-electron chi connectivity index (χ3n) is 1.99. The summed E-state index contributed by atoms with van der Waals surface area (Å²) in [4.78, 5) is 0. The fraction of sp³-hybridized carbons (Fsp3) is 0.333. The van der Waals surface area contributed by atoms with E-state index in [2.05, 4.69) is 0 Å². The van der Waals surface area contributed by atoms with E-state index >= 15 is 0 Å². The zero-order valence-electron chi connectivity index (χ0n) is 7.40. The van der Waals surface area contributed by atoms with Crippen LogP contribution in [0.3, 0.4) is 0 Å². The van der Waals surface area contributed by atoms with Gasteiger partial charge in [-0.05, 0) is 13.0 Å². The molecule has 0 spiro atoms. The Kier molecular flexibility index (Phi) is 3.07. The van der Waals surface area contributed by atoms with E-state index in [9.17, 15) is 13.2 Å². The molecule has 1 rings (SSSR count). The van der Waals surface area contributed by atoms with Crippen molar-refractivity contribution in [1.29, 1.82) is 0 Å². The molecule has 1 nitrogen and oxygen atoms in total. The Morgan fingerprint density at radius 2 is 2.00 bits per heavy atom. The fourth-order valence-electron chi connectivity index (χ4n) is 1.04. The number of halogens is 4. The van der Waals surface area contributed by atoms with Crippen LogP contribution in [0.1, 0.15) is 12.5 Å². The summed E-state index contributed by atoms with van der Waals surface area (Å²) in [7, 11) is 0. The van der Waals surface area contributed by atoms with Crippen molar-refractivity contribution in [2.24, 2.45) is 5.73 Å². The Balaban J connectivity index is 3.26. The third kappa shape index (κ3) is 1.86. The molecule has 1 aromatic carbocycles. The molecular formula is C9H9ClF3N. The molecule has 0 bridgehead atoms. The minimum atomic E-state index is -2.85. The zero-order chi connectivity index (χ0) is 10.9. The smallest absolute Gasteiger partial charge is 0.260 e. The molecule has 0 aliphatic carbocycles. The Morgan fingerprint density at radius 3 is 2.50 bits per heavy atom. The molecule has 1 aromatic rings. The van der Waals surface area contributed by atoms with Gasteiger partial charge < -0.3 is 5.73 Å². The molecule has 0 saturated carbocycles. The second-order valence-corrected chi connectivity index (χ2v) is 3.59. The van der Waals surface area contributed by atoms with Gasteiger partial charge in [-0.15, -0.1) is 0 Å². The molecule has 0 heterocycles. The average Bonchev–Trinajstić information content (AvgIpc) is 2.09. The number of benzene rings is 1. The van der Waals surface area contributed by atoms with Gasteiger partial charge in [0.05, 0.1) is 5.02 Å². The van der Waals surface area contributed by atoms with Crippen LogP contribution in [0.15, 0.2) is 18.2 Å². The van der Waals surface area contributed by atoms with Crippen molar-refractivity contribution in [2.45, 2.75) is 18.9 Å². The summed E-state index contributed by atoms with van der Waals surface area (Å²) in [6, 6.07) is 3.86. The van der Waals surface area contributed by atoms with Crippen molar-refractivity contribution in [1.82, 2.24) is 0 Å². The van der Waals surface area contributed by atoms with E-state index in [1.807, 2.05) is 0 Å². The Bertz CT molecular complexity index is 339. The molecule has 78 valence electrons. The van der Waals surface area contributed by atoms with Crippen molar-refractivity contribution >= 4 is 11.6 Å². The Hall–Kier alpha value is -0.740. The first-order valence-electron chi connectivity index (χ1n) is 3.89. The van der Waals surface area contributed by atoms with Crippen LogP contribution in [0.5, 0.6) is 0 Å². The summed E-state index contributed by atoms with van der Waals surface area (Å²) in [5.41, 5.74) is 3.01. The third-order valence-corrected chi connectivity index (χ3v) is 2.28. The summed E-state index contributed by atoms with van der Waals surface area (Å²) in [5.74, 6) is -0.889. The summed E-state index contributed by atoms with van der Waals surface area (Å²) in [5, 5.41) is -0.208. The highest BCUT2D eigenvalue weighted by molar-refractivity contribution is 6.30. The lowest BCUT2D eigenvalue weighted by molar-refractivity contribution is 0.0605. The van der Waals surface area contributed by atoms with Crippen LogP contribution >= 0.6 is 11.6 Å². The Morgan fingerprint density at radius 1 is 1.43 bits per heavy atom. The molecule has 0 aliphatic rings. The minimum Gasteiger partial charge on any atom is -0.317 e. The quantitative estimate of drug-likeness (QED) is 0.820. The lowest BCUT2D eigenvalue weighted by Gasteiger charge is -2.24. The molecule has 0 aliphatic heterocycles. The second kappa shape index (κ2) is 3.79. The fourth-order valence-corrected chi connectivity index (χ4v) is 1.21. The van der Waals surface area contributed by atoms with Crippen molar-refractivity contribution < 1.29 is 13.2 Å². The maximum Gasteiger partial charge on any atom is 0.260 e. The highest BCUT2D eigenvalue weighted by Crippen LogP contribution is 2.30. The van der Waals surface area contributed by atoms with Gasteiger partial charge in [0.1, 0.15) is 11.4 Å². The number of nitrogens with two attached hydrogens (primary N) is 1. The SMILES string of the molecule is CC(N)(c1cccc(Cl)c1F)C(F)F. The molecule has 14 heavy (non-hydrogen) atoms. The molecule has 5 heteroatoms. The predicted molar refractivity (Wildman–Crippen MR) is 49.0 cm³/mol. The maximum atomic E-state index is 13.3. The lowest BCUT2D eigenvalue weighted by atomic mass is 9.93. The van der Waals surface area contributed by atoms with E-state index in [1.165, 1.54) is 18.2 Å². The first kappa shape index (κ1) is 11.3. The van der Waals surface area contributed by atoms with Gasteiger partial charge in [-0.2, -0.15) is 0 Å². The topological polar surface area (TPSA) is 26.0 Å². The zero-order valence-corrected chi connectivity index (χ0v) is 8.15.